The highest BCUT2D eigenvalue weighted by Gasteiger charge is 2.07. The molecule has 0 bridgehead atoms. The average Bonchev–Trinajstić information content (AvgIpc) is 2.76. The number of hydrogen-bond acceptors (Lipinski definition) is 4. The van der Waals surface area contributed by atoms with Crippen molar-refractivity contribution in [3.8, 4) is 0 Å². The van der Waals surface area contributed by atoms with Crippen LogP contribution in [-0.4, -0.2) is 32.2 Å². The summed E-state index contributed by atoms with van der Waals surface area (Å²) in [6.45, 7) is 0.494. The maximum atomic E-state index is 11.7. The Balaban J connectivity index is 1.85. The highest BCUT2D eigenvalue weighted by atomic mass is 35.5. The molecule has 18 heavy (non-hydrogen) atoms. The number of carbonyl (C=O) groups is 1. The van der Waals surface area contributed by atoms with Gasteiger partial charge < -0.3 is 9.88 Å². The van der Waals surface area contributed by atoms with Crippen LogP contribution in [0, 0.1) is 0 Å². The number of carbonyl (C=O) groups excluding carboxylic acids is 1. The number of halogens is 1. The van der Waals surface area contributed by atoms with E-state index in [0.29, 0.717) is 13.0 Å². The molecule has 0 saturated carbocycles. The van der Waals surface area contributed by atoms with Crippen LogP contribution in [0.1, 0.15) is 16.3 Å². The second-order valence-electron chi connectivity index (χ2n) is 3.70. The topological polar surface area (TPSA) is 72.7 Å². The van der Waals surface area contributed by atoms with Gasteiger partial charge in [0, 0.05) is 32.4 Å². The molecule has 0 aliphatic rings. The SMILES string of the molecule is Cn1ccnc1CCNC(=O)c1ccc(Cl)nn1. The van der Waals surface area contributed by atoms with Gasteiger partial charge in [0.2, 0.25) is 0 Å². The first kappa shape index (κ1) is 12.5. The molecule has 0 radical (unpaired) electrons. The van der Waals surface area contributed by atoms with Crippen molar-refractivity contribution in [2.75, 3.05) is 6.54 Å². The summed E-state index contributed by atoms with van der Waals surface area (Å²) >= 11 is 5.59. The van der Waals surface area contributed by atoms with Crippen LogP contribution in [0.4, 0.5) is 0 Å². The minimum atomic E-state index is -0.270. The van der Waals surface area contributed by atoms with E-state index in [1.165, 1.54) is 12.1 Å². The number of imidazole rings is 1. The predicted molar refractivity (Wildman–Crippen MR) is 66.3 cm³/mol. The normalized spacial score (nSPS) is 10.3. The lowest BCUT2D eigenvalue weighted by molar-refractivity contribution is 0.0948. The minimum absolute atomic E-state index is 0.249. The number of aryl methyl sites for hydroxylation is 1. The van der Waals surface area contributed by atoms with Gasteiger partial charge in [0.25, 0.3) is 5.91 Å². The molecule has 2 rings (SSSR count). The van der Waals surface area contributed by atoms with Gasteiger partial charge in [0.05, 0.1) is 0 Å². The molecule has 6 nitrogen and oxygen atoms in total. The molecule has 1 amide bonds. The molecule has 0 fully saturated rings. The van der Waals surface area contributed by atoms with E-state index in [0.717, 1.165) is 5.82 Å². The summed E-state index contributed by atoms with van der Waals surface area (Å²) in [6.07, 6.45) is 4.25. The molecule has 0 aromatic carbocycles. The second kappa shape index (κ2) is 5.59. The van der Waals surface area contributed by atoms with Gasteiger partial charge in [-0.2, -0.15) is 0 Å². The van der Waals surface area contributed by atoms with Crippen molar-refractivity contribution < 1.29 is 4.79 Å². The van der Waals surface area contributed by atoms with Gasteiger partial charge in [-0.15, -0.1) is 10.2 Å². The Bertz CT molecular complexity index is 537. The van der Waals surface area contributed by atoms with Crippen molar-refractivity contribution in [3.05, 3.63) is 41.2 Å². The van der Waals surface area contributed by atoms with Crippen LogP contribution in [0.15, 0.2) is 24.5 Å². The zero-order valence-electron chi connectivity index (χ0n) is 9.80. The standard InChI is InChI=1S/C11H12ClN5O/c1-17-7-6-13-10(17)4-5-14-11(18)8-2-3-9(12)16-15-8/h2-3,6-7H,4-5H2,1H3,(H,14,18). The van der Waals surface area contributed by atoms with Gasteiger partial charge in [-0.05, 0) is 12.1 Å². The van der Waals surface area contributed by atoms with E-state index in [4.69, 9.17) is 11.6 Å². The summed E-state index contributed by atoms with van der Waals surface area (Å²) < 4.78 is 1.91. The Hall–Kier alpha value is -1.95. The van der Waals surface area contributed by atoms with Gasteiger partial charge in [0.15, 0.2) is 10.8 Å². The van der Waals surface area contributed by atoms with E-state index in [2.05, 4.69) is 20.5 Å². The van der Waals surface area contributed by atoms with Crippen molar-refractivity contribution in [3.63, 3.8) is 0 Å². The Morgan fingerprint density at radius 1 is 1.44 bits per heavy atom. The Morgan fingerprint density at radius 3 is 2.89 bits per heavy atom. The molecular formula is C11H12ClN5O. The second-order valence-corrected chi connectivity index (χ2v) is 4.09. The molecule has 0 unspecified atom stereocenters. The van der Waals surface area contributed by atoms with Crippen LogP contribution in [0.5, 0.6) is 0 Å². The van der Waals surface area contributed by atoms with Crippen molar-refractivity contribution >= 4 is 17.5 Å². The van der Waals surface area contributed by atoms with Crippen LogP contribution in [0.25, 0.3) is 0 Å². The van der Waals surface area contributed by atoms with Crippen LogP contribution in [-0.2, 0) is 13.5 Å². The third-order valence-corrected chi connectivity index (χ3v) is 2.62. The lowest BCUT2D eigenvalue weighted by atomic mass is 10.3. The van der Waals surface area contributed by atoms with E-state index in [9.17, 15) is 4.79 Å². The molecular weight excluding hydrogens is 254 g/mol. The fraction of sp³-hybridized carbons (Fsp3) is 0.273. The number of rotatable bonds is 4. The molecule has 0 saturated heterocycles. The smallest absolute Gasteiger partial charge is 0.271 e. The minimum Gasteiger partial charge on any atom is -0.350 e. The van der Waals surface area contributed by atoms with E-state index >= 15 is 0 Å². The van der Waals surface area contributed by atoms with Gasteiger partial charge in [-0.3, -0.25) is 4.79 Å². The quantitative estimate of drug-likeness (QED) is 0.889. The van der Waals surface area contributed by atoms with Crippen LogP contribution in [0.3, 0.4) is 0 Å². The third-order valence-electron chi connectivity index (χ3n) is 2.42. The van der Waals surface area contributed by atoms with Gasteiger partial charge >= 0.3 is 0 Å². The molecule has 1 N–H and O–H groups in total. The van der Waals surface area contributed by atoms with Crippen LogP contribution < -0.4 is 5.32 Å². The zero-order valence-corrected chi connectivity index (χ0v) is 10.6. The summed E-state index contributed by atoms with van der Waals surface area (Å²) in [7, 11) is 1.91. The molecule has 94 valence electrons. The summed E-state index contributed by atoms with van der Waals surface area (Å²) in [5.41, 5.74) is 0.249. The van der Waals surface area contributed by atoms with E-state index in [1.807, 2.05) is 17.8 Å². The first-order valence-electron chi connectivity index (χ1n) is 5.40. The molecule has 2 heterocycles. The Kier molecular flexibility index (Phi) is 3.88. The molecule has 7 heteroatoms. The summed E-state index contributed by atoms with van der Waals surface area (Å²) in [4.78, 5) is 15.8. The van der Waals surface area contributed by atoms with Crippen molar-refractivity contribution in [2.24, 2.45) is 7.05 Å². The predicted octanol–water partition coefficient (Wildman–Crippen LogP) is 0.836. The third kappa shape index (κ3) is 3.04. The van der Waals surface area contributed by atoms with E-state index < -0.39 is 0 Å². The number of nitrogens with one attached hydrogen (secondary N) is 1. The van der Waals surface area contributed by atoms with E-state index in [-0.39, 0.29) is 16.8 Å². The largest absolute Gasteiger partial charge is 0.350 e. The first-order valence-corrected chi connectivity index (χ1v) is 5.78. The highest BCUT2D eigenvalue weighted by Crippen LogP contribution is 2.02. The number of aromatic nitrogens is 4. The van der Waals surface area contributed by atoms with Crippen molar-refractivity contribution in [1.82, 2.24) is 25.1 Å². The van der Waals surface area contributed by atoms with Gasteiger partial charge in [0.1, 0.15) is 5.82 Å². The average molecular weight is 266 g/mol. The van der Waals surface area contributed by atoms with Gasteiger partial charge in [-0.25, -0.2) is 4.98 Å². The fourth-order valence-electron chi connectivity index (χ4n) is 1.45. The number of amides is 1. The monoisotopic (exact) mass is 265 g/mol. The molecule has 0 spiro atoms. The fourth-order valence-corrected chi connectivity index (χ4v) is 1.55. The van der Waals surface area contributed by atoms with Crippen molar-refractivity contribution in [2.45, 2.75) is 6.42 Å². The molecule has 0 aliphatic heterocycles. The molecule has 2 aromatic heterocycles. The Morgan fingerprint density at radius 2 is 2.28 bits per heavy atom. The lowest BCUT2D eigenvalue weighted by Gasteiger charge is -2.04. The van der Waals surface area contributed by atoms with Crippen LogP contribution in [0.2, 0.25) is 5.15 Å². The molecule has 0 atom stereocenters. The number of nitrogens with zero attached hydrogens (tertiary/aromatic N) is 4. The van der Waals surface area contributed by atoms with Crippen LogP contribution >= 0.6 is 11.6 Å². The zero-order chi connectivity index (χ0) is 13.0. The number of hydrogen-bond donors (Lipinski definition) is 1. The lowest BCUT2D eigenvalue weighted by Crippen LogP contribution is -2.27. The van der Waals surface area contributed by atoms with E-state index in [1.54, 1.807) is 6.20 Å². The van der Waals surface area contributed by atoms with Crippen molar-refractivity contribution in [1.29, 1.82) is 0 Å². The first-order chi connectivity index (χ1) is 8.66. The maximum absolute atomic E-state index is 11.7. The maximum Gasteiger partial charge on any atom is 0.271 e. The van der Waals surface area contributed by atoms with Gasteiger partial charge in [-0.1, -0.05) is 11.6 Å². The summed E-state index contributed by atoms with van der Waals surface area (Å²) in [5, 5.41) is 10.3. The molecule has 2 aromatic rings. The summed E-state index contributed by atoms with van der Waals surface area (Å²) in [5.74, 6) is 0.644. The molecule has 0 aliphatic carbocycles. The Labute approximate surface area is 109 Å². The highest BCUT2D eigenvalue weighted by molar-refractivity contribution is 6.29. The summed E-state index contributed by atoms with van der Waals surface area (Å²) in [6, 6.07) is 3.06.